The van der Waals surface area contributed by atoms with Crippen LogP contribution in [0.4, 0.5) is 11.5 Å². The van der Waals surface area contributed by atoms with E-state index in [0.29, 0.717) is 5.56 Å². The van der Waals surface area contributed by atoms with Crippen LogP contribution in [0.3, 0.4) is 0 Å². The van der Waals surface area contributed by atoms with E-state index >= 15 is 0 Å². The Hall–Kier alpha value is -2.92. The summed E-state index contributed by atoms with van der Waals surface area (Å²) in [6, 6.07) is 17.8. The van der Waals surface area contributed by atoms with Gasteiger partial charge in [-0.1, -0.05) is 36.8 Å². The van der Waals surface area contributed by atoms with Gasteiger partial charge in [0, 0.05) is 24.8 Å². The first-order valence-electron chi connectivity index (χ1n) is 12.5. The quantitative estimate of drug-likeness (QED) is 0.541. The number of rotatable bonds is 6. The zero-order chi connectivity index (χ0) is 22.5. The fourth-order valence-electron chi connectivity index (χ4n) is 5.25. The van der Waals surface area contributed by atoms with Crippen molar-refractivity contribution in [1.82, 2.24) is 9.88 Å². The van der Waals surface area contributed by atoms with Gasteiger partial charge in [0.2, 0.25) is 0 Å². The highest BCUT2D eigenvalue weighted by atomic mass is 16.1. The Labute approximate surface area is 196 Å². The van der Waals surface area contributed by atoms with Crippen molar-refractivity contribution in [2.24, 2.45) is 5.92 Å². The smallest absolute Gasteiger partial charge is 0.255 e. The Balaban J connectivity index is 1.20. The van der Waals surface area contributed by atoms with E-state index in [-0.39, 0.29) is 5.91 Å². The van der Waals surface area contributed by atoms with E-state index < -0.39 is 0 Å². The normalized spacial score (nSPS) is 17.9. The Morgan fingerprint density at radius 2 is 1.70 bits per heavy atom. The minimum absolute atomic E-state index is 0.0913. The molecule has 172 valence electrons. The highest BCUT2D eigenvalue weighted by Gasteiger charge is 2.23. The molecule has 0 radical (unpaired) electrons. The molecule has 2 aliphatic rings. The molecule has 1 aromatic heterocycles. The van der Waals surface area contributed by atoms with Gasteiger partial charge >= 0.3 is 0 Å². The number of amides is 1. The molecule has 2 aliphatic heterocycles. The zero-order valence-corrected chi connectivity index (χ0v) is 19.4. The molecule has 2 fully saturated rings. The van der Waals surface area contributed by atoms with E-state index in [1.54, 1.807) is 0 Å². The number of carbonyl (C=O) groups excluding carboxylic acids is 1. The van der Waals surface area contributed by atoms with Crippen LogP contribution in [0.25, 0.3) is 10.8 Å². The summed E-state index contributed by atoms with van der Waals surface area (Å²) in [5.74, 6) is 1.59. The molecule has 2 aromatic carbocycles. The molecule has 0 bridgehead atoms. The van der Waals surface area contributed by atoms with E-state index in [4.69, 9.17) is 0 Å². The Kier molecular flexibility index (Phi) is 6.87. The van der Waals surface area contributed by atoms with Crippen LogP contribution in [0, 0.1) is 5.92 Å². The number of aromatic nitrogens is 1. The number of fused-ring (bicyclic) bond motifs is 1. The molecule has 0 unspecified atom stereocenters. The third kappa shape index (κ3) is 5.36. The van der Waals surface area contributed by atoms with Gasteiger partial charge in [-0.25, -0.2) is 4.98 Å². The largest absolute Gasteiger partial charge is 0.355 e. The molecule has 33 heavy (non-hydrogen) atoms. The minimum atomic E-state index is -0.0913. The van der Waals surface area contributed by atoms with Crippen molar-refractivity contribution in [2.75, 3.05) is 42.9 Å². The third-order valence-electron chi connectivity index (χ3n) is 7.26. The second kappa shape index (κ2) is 10.3. The molecule has 0 saturated carbocycles. The van der Waals surface area contributed by atoms with Crippen LogP contribution in [0.2, 0.25) is 0 Å². The zero-order valence-electron chi connectivity index (χ0n) is 19.4. The van der Waals surface area contributed by atoms with Gasteiger partial charge < -0.3 is 15.1 Å². The van der Waals surface area contributed by atoms with Crippen LogP contribution in [0.5, 0.6) is 0 Å². The number of benzene rings is 2. The molecule has 3 heterocycles. The Morgan fingerprint density at radius 1 is 0.909 bits per heavy atom. The van der Waals surface area contributed by atoms with Crippen LogP contribution in [-0.2, 0) is 0 Å². The molecule has 5 rings (SSSR count). The monoisotopic (exact) mass is 442 g/mol. The molecular weight excluding hydrogens is 408 g/mol. The Bertz CT molecular complexity index is 1080. The van der Waals surface area contributed by atoms with Crippen LogP contribution in [0.15, 0.2) is 60.8 Å². The number of anilines is 2. The average Bonchev–Trinajstić information content (AvgIpc) is 2.88. The molecule has 0 aliphatic carbocycles. The van der Waals surface area contributed by atoms with E-state index in [9.17, 15) is 4.79 Å². The lowest BCUT2D eigenvalue weighted by Gasteiger charge is -2.35. The molecule has 3 aromatic rings. The van der Waals surface area contributed by atoms with Crippen LogP contribution >= 0.6 is 0 Å². The van der Waals surface area contributed by atoms with Gasteiger partial charge in [0.15, 0.2) is 5.82 Å². The molecule has 1 amide bonds. The van der Waals surface area contributed by atoms with Gasteiger partial charge in [0.25, 0.3) is 5.91 Å². The summed E-state index contributed by atoms with van der Waals surface area (Å²) in [4.78, 5) is 22.7. The van der Waals surface area contributed by atoms with Crippen LogP contribution in [0.1, 0.15) is 48.9 Å². The van der Waals surface area contributed by atoms with Crippen molar-refractivity contribution >= 4 is 28.2 Å². The molecule has 5 heteroatoms. The highest BCUT2D eigenvalue weighted by Crippen LogP contribution is 2.29. The van der Waals surface area contributed by atoms with Crippen molar-refractivity contribution in [1.29, 1.82) is 0 Å². The van der Waals surface area contributed by atoms with Crippen LogP contribution in [-0.4, -0.2) is 48.5 Å². The van der Waals surface area contributed by atoms with Gasteiger partial charge in [-0.05, 0) is 92.7 Å². The van der Waals surface area contributed by atoms with Crippen molar-refractivity contribution in [2.45, 2.75) is 38.5 Å². The fraction of sp³-hybridized carbons (Fsp3) is 0.429. The maximum atomic E-state index is 13.0. The minimum Gasteiger partial charge on any atom is -0.355 e. The summed E-state index contributed by atoms with van der Waals surface area (Å²) in [6.07, 6.45) is 9.66. The SMILES string of the molecule is O=C(Nc1cccnc1N1CCC(CCN2CCCCC2)CC1)c1ccc2ccccc2c1. The van der Waals surface area contributed by atoms with Crippen molar-refractivity contribution in [3.05, 3.63) is 66.4 Å². The standard InChI is InChI=1S/C28H34N4O/c33-28(25-11-10-23-7-2-3-8-24(23)21-25)30-26-9-6-15-29-27(26)32-19-13-22(14-20-32)12-18-31-16-4-1-5-17-31/h2-3,6-11,15,21-22H,1,4-5,12-14,16-20H2,(H,30,33). The fourth-order valence-corrected chi connectivity index (χ4v) is 5.25. The number of hydrogen-bond acceptors (Lipinski definition) is 4. The van der Waals surface area contributed by atoms with Crippen molar-refractivity contribution in [3.8, 4) is 0 Å². The second-order valence-electron chi connectivity index (χ2n) is 9.51. The number of likely N-dealkylation sites (tertiary alicyclic amines) is 1. The lowest BCUT2D eigenvalue weighted by Crippen LogP contribution is -2.37. The molecule has 1 N–H and O–H groups in total. The van der Waals surface area contributed by atoms with Crippen molar-refractivity contribution in [3.63, 3.8) is 0 Å². The number of nitrogens with zero attached hydrogens (tertiary/aromatic N) is 3. The lowest BCUT2D eigenvalue weighted by molar-refractivity contribution is 0.102. The topological polar surface area (TPSA) is 48.5 Å². The number of pyridine rings is 1. The Morgan fingerprint density at radius 3 is 2.52 bits per heavy atom. The van der Waals surface area contributed by atoms with Crippen LogP contribution < -0.4 is 10.2 Å². The summed E-state index contributed by atoms with van der Waals surface area (Å²) in [7, 11) is 0. The van der Waals surface area contributed by atoms with E-state index in [0.717, 1.165) is 41.3 Å². The summed E-state index contributed by atoms with van der Waals surface area (Å²) in [5, 5.41) is 5.33. The van der Waals surface area contributed by atoms with E-state index in [1.165, 1.54) is 58.2 Å². The predicted molar refractivity (Wildman–Crippen MR) is 136 cm³/mol. The molecular formula is C28H34N4O. The highest BCUT2D eigenvalue weighted by molar-refractivity contribution is 6.07. The summed E-state index contributed by atoms with van der Waals surface area (Å²) >= 11 is 0. The summed E-state index contributed by atoms with van der Waals surface area (Å²) in [6.45, 7) is 5.82. The number of nitrogens with one attached hydrogen (secondary N) is 1. The first kappa shape index (κ1) is 21.9. The molecule has 5 nitrogen and oxygen atoms in total. The third-order valence-corrected chi connectivity index (χ3v) is 7.26. The summed E-state index contributed by atoms with van der Waals surface area (Å²) < 4.78 is 0. The lowest BCUT2D eigenvalue weighted by atomic mass is 9.93. The van der Waals surface area contributed by atoms with Gasteiger partial charge in [0.1, 0.15) is 0 Å². The average molecular weight is 443 g/mol. The number of piperidine rings is 2. The molecule has 0 spiro atoms. The second-order valence-corrected chi connectivity index (χ2v) is 9.51. The molecule has 0 atom stereocenters. The maximum Gasteiger partial charge on any atom is 0.255 e. The maximum absolute atomic E-state index is 13.0. The first-order valence-corrected chi connectivity index (χ1v) is 12.5. The number of carbonyl (C=O) groups is 1. The summed E-state index contributed by atoms with van der Waals surface area (Å²) in [5.41, 5.74) is 1.46. The van der Waals surface area contributed by atoms with E-state index in [1.807, 2.05) is 54.7 Å². The van der Waals surface area contributed by atoms with Crippen molar-refractivity contribution < 1.29 is 4.79 Å². The predicted octanol–water partition coefficient (Wildman–Crippen LogP) is 5.58. The first-order chi connectivity index (χ1) is 16.3. The molecule has 2 saturated heterocycles. The number of hydrogen-bond donors (Lipinski definition) is 1. The van der Waals surface area contributed by atoms with Gasteiger partial charge in [0.05, 0.1) is 5.69 Å². The van der Waals surface area contributed by atoms with Gasteiger partial charge in [-0.15, -0.1) is 0 Å². The van der Waals surface area contributed by atoms with Gasteiger partial charge in [-0.2, -0.15) is 0 Å². The van der Waals surface area contributed by atoms with E-state index in [2.05, 4.69) is 26.2 Å². The van der Waals surface area contributed by atoms with Gasteiger partial charge in [-0.3, -0.25) is 4.79 Å².